The molecule has 0 amide bonds. The highest BCUT2D eigenvalue weighted by Crippen LogP contribution is 2.17. The molecule has 0 radical (unpaired) electrons. The van der Waals surface area contributed by atoms with E-state index in [1.54, 1.807) is 10.9 Å². The first-order chi connectivity index (χ1) is 11.2. The normalized spacial score (nSPS) is 15.3. The number of aromatic amines is 1. The summed E-state index contributed by atoms with van der Waals surface area (Å²) in [7, 11) is 0. The number of nitrogens with zero attached hydrogens (tertiary/aromatic N) is 4. The lowest BCUT2D eigenvalue weighted by molar-refractivity contribution is 0.122. The number of morpholine rings is 1. The van der Waals surface area contributed by atoms with E-state index in [-0.39, 0.29) is 5.56 Å². The number of rotatable bonds is 2. The molecule has 1 fully saturated rings. The molecule has 0 spiro atoms. The first-order valence-electron chi connectivity index (χ1n) is 7.61. The van der Waals surface area contributed by atoms with Crippen molar-refractivity contribution in [3.8, 4) is 5.69 Å². The van der Waals surface area contributed by atoms with Crippen LogP contribution in [-0.2, 0) is 4.74 Å². The number of benzene rings is 1. The second kappa shape index (κ2) is 5.51. The molecule has 23 heavy (non-hydrogen) atoms. The van der Waals surface area contributed by atoms with E-state index in [1.807, 2.05) is 36.1 Å². The van der Waals surface area contributed by atoms with E-state index in [0.29, 0.717) is 43.3 Å². The molecule has 3 aromatic rings. The number of nitrogens with one attached hydrogen (secondary N) is 1. The molecule has 2 aromatic heterocycles. The van der Waals surface area contributed by atoms with Crippen LogP contribution in [0.5, 0.6) is 0 Å². The Hall–Kier alpha value is -2.67. The minimum absolute atomic E-state index is 0.170. The van der Waals surface area contributed by atoms with Crippen LogP contribution in [0, 0.1) is 6.92 Å². The number of ether oxygens (including phenoxy) is 1. The van der Waals surface area contributed by atoms with Crippen LogP contribution in [0.2, 0.25) is 0 Å². The van der Waals surface area contributed by atoms with Crippen molar-refractivity contribution in [3.05, 3.63) is 46.4 Å². The Labute approximate surface area is 132 Å². The van der Waals surface area contributed by atoms with Gasteiger partial charge in [0.05, 0.1) is 18.9 Å². The quantitative estimate of drug-likeness (QED) is 0.771. The van der Waals surface area contributed by atoms with Gasteiger partial charge in [0.25, 0.3) is 5.56 Å². The molecule has 0 aliphatic carbocycles. The summed E-state index contributed by atoms with van der Waals surface area (Å²) in [6, 6.07) is 7.91. The van der Waals surface area contributed by atoms with Crippen molar-refractivity contribution in [1.29, 1.82) is 0 Å². The van der Waals surface area contributed by atoms with Gasteiger partial charge in [0.1, 0.15) is 5.39 Å². The number of hydrogen-bond acceptors (Lipinski definition) is 5. The van der Waals surface area contributed by atoms with E-state index < -0.39 is 0 Å². The molecule has 1 N–H and O–H groups in total. The average Bonchev–Trinajstić information content (AvgIpc) is 3.00. The van der Waals surface area contributed by atoms with E-state index in [1.165, 1.54) is 0 Å². The smallest absolute Gasteiger partial charge is 0.263 e. The molecule has 4 rings (SSSR count). The second-order valence-corrected chi connectivity index (χ2v) is 5.59. The fraction of sp³-hybridized carbons (Fsp3) is 0.312. The number of H-pyrrole nitrogens is 1. The molecule has 7 heteroatoms. The lowest BCUT2D eigenvalue weighted by Crippen LogP contribution is -2.38. The fourth-order valence-electron chi connectivity index (χ4n) is 2.77. The summed E-state index contributed by atoms with van der Waals surface area (Å²) in [4.78, 5) is 21.7. The number of aromatic nitrogens is 4. The van der Waals surface area contributed by atoms with Crippen LogP contribution < -0.4 is 10.5 Å². The third-order valence-electron chi connectivity index (χ3n) is 4.05. The highest BCUT2D eigenvalue weighted by atomic mass is 16.5. The average molecular weight is 311 g/mol. The summed E-state index contributed by atoms with van der Waals surface area (Å²) in [5.74, 6) is 0.556. The maximum absolute atomic E-state index is 12.4. The van der Waals surface area contributed by atoms with Crippen molar-refractivity contribution >= 4 is 17.0 Å². The highest BCUT2D eigenvalue weighted by Gasteiger charge is 2.16. The SMILES string of the molecule is Cc1ccccc1-n1cc2c(=O)[nH]c(N3CCOCC3)nc2n1. The monoisotopic (exact) mass is 311 g/mol. The first-order valence-corrected chi connectivity index (χ1v) is 7.61. The molecule has 0 saturated carbocycles. The molecule has 0 bridgehead atoms. The lowest BCUT2D eigenvalue weighted by Gasteiger charge is -2.26. The van der Waals surface area contributed by atoms with Crippen molar-refractivity contribution < 1.29 is 4.74 Å². The van der Waals surface area contributed by atoms with Gasteiger partial charge in [0, 0.05) is 19.3 Å². The van der Waals surface area contributed by atoms with Gasteiger partial charge in [-0.05, 0) is 18.6 Å². The van der Waals surface area contributed by atoms with Crippen molar-refractivity contribution in [2.24, 2.45) is 0 Å². The summed E-state index contributed by atoms with van der Waals surface area (Å²) in [5.41, 5.74) is 2.32. The van der Waals surface area contributed by atoms with Crippen LogP contribution in [0.25, 0.3) is 16.7 Å². The van der Waals surface area contributed by atoms with Crippen molar-refractivity contribution in [2.45, 2.75) is 6.92 Å². The van der Waals surface area contributed by atoms with Crippen molar-refractivity contribution in [1.82, 2.24) is 19.7 Å². The van der Waals surface area contributed by atoms with Gasteiger partial charge in [-0.15, -0.1) is 5.10 Å². The third-order valence-corrected chi connectivity index (χ3v) is 4.05. The van der Waals surface area contributed by atoms with Crippen LogP contribution in [0.15, 0.2) is 35.3 Å². The maximum atomic E-state index is 12.4. The molecule has 3 heterocycles. The van der Waals surface area contributed by atoms with Gasteiger partial charge < -0.3 is 9.64 Å². The summed E-state index contributed by atoms with van der Waals surface area (Å²) < 4.78 is 7.05. The van der Waals surface area contributed by atoms with Crippen LogP contribution >= 0.6 is 0 Å². The number of aryl methyl sites for hydroxylation is 1. The van der Waals surface area contributed by atoms with Gasteiger partial charge in [0.2, 0.25) is 5.95 Å². The van der Waals surface area contributed by atoms with Gasteiger partial charge in [-0.25, -0.2) is 4.68 Å². The van der Waals surface area contributed by atoms with E-state index in [0.717, 1.165) is 11.3 Å². The molecular weight excluding hydrogens is 294 g/mol. The Morgan fingerprint density at radius 2 is 2.00 bits per heavy atom. The minimum atomic E-state index is -0.170. The molecule has 1 aliphatic rings. The third kappa shape index (κ3) is 2.49. The van der Waals surface area contributed by atoms with Gasteiger partial charge in [-0.1, -0.05) is 18.2 Å². The Kier molecular flexibility index (Phi) is 3.34. The molecule has 7 nitrogen and oxygen atoms in total. The zero-order valence-corrected chi connectivity index (χ0v) is 12.8. The predicted molar refractivity (Wildman–Crippen MR) is 87.3 cm³/mol. The molecule has 0 atom stereocenters. The van der Waals surface area contributed by atoms with E-state index in [2.05, 4.69) is 15.1 Å². The Morgan fingerprint density at radius 1 is 1.22 bits per heavy atom. The molecule has 1 aromatic carbocycles. The Balaban J connectivity index is 1.81. The van der Waals surface area contributed by atoms with Crippen LogP contribution in [0.4, 0.5) is 5.95 Å². The zero-order chi connectivity index (χ0) is 15.8. The summed E-state index contributed by atoms with van der Waals surface area (Å²) in [6.45, 7) is 4.72. The lowest BCUT2D eigenvalue weighted by atomic mass is 10.2. The summed E-state index contributed by atoms with van der Waals surface area (Å²) in [6.07, 6.45) is 1.73. The Morgan fingerprint density at radius 3 is 2.78 bits per heavy atom. The summed E-state index contributed by atoms with van der Waals surface area (Å²) in [5, 5.41) is 4.98. The highest BCUT2D eigenvalue weighted by molar-refractivity contribution is 5.74. The zero-order valence-electron chi connectivity index (χ0n) is 12.8. The van der Waals surface area contributed by atoms with Gasteiger partial charge in [0.15, 0.2) is 5.65 Å². The molecule has 0 unspecified atom stereocenters. The van der Waals surface area contributed by atoms with E-state index >= 15 is 0 Å². The van der Waals surface area contributed by atoms with Gasteiger partial charge in [-0.3, -0.25) is 9.78 Å². The van der Waals surface area contributed by atoms with Crippen LogP contribution in [-0.4, -0.2) is 46.1 Å². The van der Waals surface area contributed by atoms with Crippen molar-refractivity contribution in [2.75, 3.05) is 31.2 Å². The molecule has 1 aliphatic heterocycles. The second-order valence-electron chi connectivity index (χ2n) is 5.59. The van der Waals surface area contributed by atoms with Gasteiger partial charge >= 0.3 is 0 Å². The largest absolute Gasteiger partial charge is 0.378 e. The molecular formula is C16H17N5O2. The standard InChI is InChI=1S/C16H17N5O2/c1-11-4-2-3-5-13(11)21-10-12-14(19-21)17-16(18-15(12)22)20-6-8-23-9-7-20/h2-5,10H,6-9H2,1H3,(H,17,18,19,22). The van der Waals surface area contributed by atoms with Crippen LogP contribution in [0.3, 0.4) is 0 Å². The molecule has 118 valence electrons. The van der Waals surface area contributed by atoms with Crippen LogP contribution in [0.1, 0.15) is 5.56 Å². The summed E-state index contributed by atoms with van der Waals surface area (Å²) >= 11 is 0. The maximum Gasteiger partial charge on any atom is 0.263 e. The number of anilines is 1. The minimum Gasteiger partial charge on any atom is -0.378 e. The number of para-hydroxylation sites is 1. The Bertz CT molecular complexity index is 908. The molecule has 1 saturated heterocycles. The number of fused-ring (bicyclic) bond motifs is 1. The first kappa shape index (κ1) is 14.0. The van der Waals surface area contributed by atoms with E-state index in [9.17, 15) is 4.79 Å². The van der Waals surface area contributed by atoms with E-state index in [4.69, 9.17) is 4.74 Å². The number of hydrogen-bond donors (Lipinski definition) is 1. The topological polar surface area (TPSA) is 76.0 Å². The van der Waals surface area contributed by atoms with Crippen molar-refractivity contribution in [3.63, 3.8) is 0 Å². The fourth-order valence-corrected chi connectivity index (χ4v) is 2.77. The van der Waals surface area contributed by atoms with Gasteiger partial charge in [-0.2, -0.15) is 4.98 Å². The predicted octanol–water partition coefficient (Wildman–Crippen LogP) is 1.25.